The summed E-state index contributed by atoms with van der Waals surface area (Å²) in [7, 11) is 0. The van der Waals surface area contributed by atoms with E-state index in [9.17, 15) is 5.11 Å². The average molecular weight is 357 g/mol. The summed E-state index contributed by atoms with van der Waals surface area (Å²) in [5.41, 5.74) is 3.54. The van der Waals surface area contributed by atoms with Crippen LogP contribution in [0.25, 0.3) is 0 Å². The first-order valence-corrected chi connectivity index (χ1v) is 8.46. The van der Waals surface area contributed by atoms with Crippen LogP contribution in [0.1, 0.15) is 28.5 Å². The van der Waals surface area contributed by atoms with Gasteiger partial charge in [0.15, 0.2) is 5.76 Å². The molecule has 4 rings (SSSR count). The zero-order valence-electron chi connectivity index (χ0n) is 13.4. The number of hydrogen-bond donors (Lipinski definition) is 2. The maximum absolute atomic E-state index is 9.27. The van der Waals surface area contributed by atoms with Crippen molar-refractivity contribution < 1.29 is 14.4 Å². The Morgan fingerprint density at radius 1 is 1.20 bits per heavy atom. The number of fused-ring (bicyclic) bond motifs is 1. The molecule has 0 bridgehead atoms. The topological polar surface area (TPSA) is 67.5 Å². The smallest absolute Gasteiger partial charge is 0.251 e. The van der Waals surface area contributed by atoms with Crippen molar-refractivity contribution in [3.63, 3.8) is 0 Å². The molecule has 0 fully saturated rings. The average Bonchev–Trinajstić information content (AvgIpc) is 3.05. The van der Waals surface area contributed by atoms with Crippen molar-refractivity contribution in [1.82, 2.24) is 10.5 Å². The number of hydrogen-bond acceptors (Lipinski definition) is 5. The Labute approximate surface area is 150 Å². The van der Waals surface area contributed by atoms with Crippen LogP contribution in [0.3, 0.4) is 0 Å². The summed E-state index contributed by atoms with van der Waals surface area (Å²) in [6.45, 7) is 1.07. The molecule has 6 heteroatoms. The molecule has 0 saturated heterocycles. The van der Waals surface area contributed by atoms with Crippen LogP contribution in [0.4, 0.5) is 0 Å². The molecule has 3 aromatic rings. The summed E-state index contributed by atoms with van der Waals surface area (Å²) in [5, 5.41) is 16.9. The standard InChI is InChI=1S/C19H17ClN2O3/c20-13-5-6-17(24-11-14-10-18(23)22-25-14)16(9-13)19-15-4-2-1-3-12(15)7-8-21-19/h1-6,9-10,19,21H,7-8,11H2,(H,22,23). The summed E-state index contributed by atoms with van der Waals surface area (Å²) in [6, 6.07) is 15.4. The monoisotopic (exact) mass is 356 g/mol. The Kier molecular flexibility index (Phi) is 4.34. The summed E-state index contributed by atoms with van der Waals surface area (Å²) < 4.78 is 10.9. The van der Waals surface area contributed by atoms with E-state index < -0.39 is 0 Å². The highest BCUT2D eigenvalue weighted by molar-refractivity contribution is 6.30. The van der Waals surface area contributed by atoms with Crippen molar-refractivity contribution in [1.29, 1.82) is 0 Å². The highest BCUT2D eigenvalue weighted by atomic mass is 35.5. The van der Waals surface area contributed by atoms with E-state index in [1.807, 2.05) is 18.2 Å². The fourth-order valence-corrected chi connectivity index (χ4v) is 3.36. The van der Waals surface area contributed by atoms with E-state index in [0.717, 1.165) is 24.3 Å². The van der Waals surface area contributed by atoms with Crippen LogP contribution in [-0.4, -0.2) is 16.8 Å². The lowest BCUT2D eigenvalue weighted by Gasteiger charge is -2.28. The van der Waals surface area contributed by atoms with E-state index in [4.69, 9.17) is 20.9 Å². The maximum atomic E-state index is 9.27. The summed E-state index contributed by atoms with van der Waals surface area (Å²) in [5.74, 6) is 1.02. The molecule has 1 aliphatic rings. The van der Waals surface area contributed by atoms with Crippen molar-refractivity contribution in [3.8, 4) is 11.6 Å². The fourth-order valence-electron chi connectivity index (χ4n) is 3.18. The van der Waals surface area contributed by atoms with Crippen LogP contribution in [0.5, 0.6) is 11.6 Å². The number of nitrogens with one attached hydrogen (secondary N) is 1. The molecule has 1 atom stereocenters. The summed E-state index contributed by atoms with van der Waals surface area (Å²) in [6.07, 6.45) is 1.00. The third-order valence-corrected chi connectivity index (χ3v) is 4.54. The zero-order chi connectivity index (χ0) is 17.2. The molecule has 2 N–H and O–H groups in total. The molecule has 0 amide bonds. The van der Waals surface area contributed by atoms with Gasteiger partial charge in [0, 0.05) is 23.2 Å². The highest BCUT2D eigenvalue weighted by Gasteiger charge is 2.24. The molecule has 128 valence electrons. The largest absolute Gasteiger partial charge is 0.491 e. The van der Waals surface area contributed by atoms with Crippen LogP contribution in [0.15, 0.2) is 53.1 Å². The Bertz CT molecular complexity index is 894. The van der Waals surface area contributed by atoms with Gasteiger partial charge < -0.3 is 19.7 Å². The number of rotatable bonds is 4. The number of halogens is 1. The van der Waals surface area contributed by atoms with E-state index in [1.165, 1.54) is 17.2 Å². The van der Waals surface area contributed by atoms with Crippen molar-refractivity contribution in [2.45, 2.75) is 19.1 Å². The van der Waals surface area contributed by atoms with Gasteiger partial charge in [0.1, 0.15) is 12.4 Å². The van der Waals surface area contributed by atoms with Gasteiger partial charge in [-0.3, -0.25) is 0 Å². The van der Waals surface area contributed by atoms with Gasteiger partial charge in [0.05, 0.1) is 6.04 Å². The van der Waals surface area contributed by atoms with E-state index in [2.05, 4.69) is 28.7 Å². The van der Waals surface area contributed by atoms with Crippen molar-refractivity contribution >= 4 is 11.6 Å². The lowest BCUT2D eigenvalue weighted by atomic mass is 9.89. The van der Waals surface area contributed by atoms with Crippen LogP contribution in [0, 0.1) is 0 Å². The predicted molar refractivity (Wildman–Crippen MR) is 93.9 cm³/mol. The van der Waals surface area contributed by atoms with Crippen LogP contribution >= 0.6 is 11.6 Å². The van der Waals surface area contributed by atoms with Gasteiger partial charge >= 0.3 is 0 Å². The van der Waals surface area contributed by atoms with Gasteiger partial charge in [-0.2, -0.15) is 0 Å². The van der Waals surface area contributed by atoms with Crippen molar-refractivity contribution in [3.05, 3.63) is 76.0 Å². The molecule has 2 heterocycles. The first kappa shape index (κ1) is 16.0. The minimum Gasteiger partial charge on any atom is -0.491 e. The molecule has 0 radical (unpaired) electrons. The Morgan fingerprint density at radius 2 is 2.08 bits per heavy atom. The highest BCUT2D eigenvalue weighted by Crippen LogP contribution is 2.36. The Hall–Kier alpha value is -2.50. The van der Waals surface area contributed by atoms with E-state index in [-0.39, 0.29) is 18.5 Å². The minimum atomic E-state index is -0.155. The van der Waals surface area contributed by atoms with E-state index in [1.54, 1.807) is 6.07 Å². The molecule has 25 heavy (non-hydrogen) atoms. The second kappa shape index (κ2) is 6.78. The Balaban J connectivity index is 1.66. The molecule has 0 saturated carbocycles. The summed E-state index contributed by atoms with van der Waals surface area (Å²) >= 11 is 6.24. The van der Waals surface area contributed by atoms with Gasteiger partial charge in [-0.1, -0.05) is 35.9 Å². The molecular formula is C19H17ClN2O3. The molecule has 1 aromatic heterocycles. The van der Waals surface area contributed by atoms with Gasteiger partial charge in [0.25, 0.3) is 5.88 Å². The van der Waals surface area contributed by atoms with Gasteiger partial charge in [-0.05, 0) is 40.9 Å². The number of aromatic nitrogens is 1. The molecule has 5 nitrogen and oxygen atoms in total. The second-order valence-corrected chi connectivity index (χ2v) is 6.39. The number of nitrogens with zero attached hydrogens (tertiary/aromatic N) is 1. The molecule has 0 aliphatic carbocycles. The third kappa shape index (κ3) is 3.34. The number of ether oxygens (including phenoxy) is 1. The first-order valence-electron chi connectivity index (χ1n) is 8.09. The fraction of sp³-hybridized carbons (Fsp3) is 0.211. The normalized spacial score (nSPS) is 16.4. The minimum absolute atomic E-state index is 0.0155. The van der Waals surface area contributed by atoms with E-state index in [0.29, 0.717) is 10.8 Å². The first-order chi connectivity index (χ1) is 12.2. The number of benzene rings is 2. The van der Waals surface area contributed by atoms with Gasteiger partial charge in [-0.15, -0.1) is 0 Å². The van der Waals surface area contributed by atoms with Crippen molar-refractivity contribution in [2.24, 2.45) is 0 Å². The molecule has 1 aliphatic heterocycles. The van der Waals surface area contributed by atoms with Gasteiger partial charge in [0.2, 0.25) is 0 Å². The SMILES string of the molecule is Oc1cc(COc2ccc(Cl)cc2C2NCCc3ccccc32)on1. The summed E-state index contributed by atoms with van der Waals surface area (Å²) in [4.78, 5) is 0. The lowest BCUT2D eigenvalue weighted by molar-refractivity contribution is 0.242. The van der Waals surface area contributed by atoms with Crippen LogP contribution in [0.2, 0.25) is 5.02 Å². The predicted octanol–water partition coefficient (Wildman–Crippen LogP) is 3.85. The van der Waals surface area contributed by atoms with E-state index >= 15 is 0 Å². The maximum Gasteiger partial charge on any atom is 0.251 e. The van der Waals surface area contributed by atoms with Crippen LogP contribution in [-0.2, 0) is 13.0 Å². The van der Waals surface area contributed by atoms with Crippen LogP contribution < -0.4 is 10.1 Å². The second-order valence-electron chi connectivity index (χ2n) is 5.96. The third-order valence-electron chi connectivity index (χ3n) is 4.31. The quantitative estimate of drug-likeness (QED) is 0.743. The number of aromatic hydroxyl groups is 1. The van der Waals surface area contributed by atoms with Crippen molar-refractivity contribution in [2.75, 3.05) is 6.54 Å². The lowest BCUT2D eigenvalue weighted by Crippen LogP contribution is -2.30. The Morgan fingerprint density at radius 3 is 2.92 bits per heavy atom. The molecule has 1 unspecified atom stereocenters. The molecule has 0 spiro atoms. The van der Waals surface area contributed by atoms with Gasteiger partial charge in [-0.25, -0.2) is 0 Å². The molecule has 2 aromatic carbocycles. The molecular weight excluding hydrogens is 340 g/mol. The zero-order valence-corrected chi connectivity index (χ0v) is 14.2.